The van der Waals surface area contributed by atoms with Gasteiger partial charge in [0.25, 0.3) is 0 Å². The van der Waals surface area contributed by atoms with E-state index < -0.39 is 0 Å². The molecule has 0 saturated heterocycles. The summed E-state index contributed by atoms with van der Waals surface area (Å²) in [6.07, 6.45) is 12.9. The quantitative estimate of drug-likeness (QED) is 0.726. The molecule has 0 aromatic carbocycles. The number of nitrogens with one attached hydrogen (secondary N) is 1. The lowest BCUT2D eigenvalue weighted by Crippen LogP contribution is -2.32. The molecule has 0 radical (unpaired) electrons. The van der Waals surface area contributed by atoms with Gasteiger partial charge in [-0.25, -0.2) is 0 Å². The van der Waals surface area contributed by atoms with Crippen LogP contribution in [-0.4, -0.2) is 28.6 Å². The third-order valence-corrected chi connectivity index (χ3v) is 5.81. The van der Waals surface area contributed by atoms with Gasteiger partial charge in [0, 0.05) is 36.5 Å². The molecule has 1 N–H and O–H groups in total. The summed E-state index contributed by atoms with van der Waals surface area (Å²) in [4.78, 5) is 20.9. The SMILES string of the molecule is CCOC(=O)CCCC1(Cc2ccncc2)C2=C(NC(C)C=C2)c2ncccc21. The van der Waals surface area contributed by atoms with Gasteiger partial charge in [0.1, 0.15) is 0 Å². The first-order chi connectivity index (χ1) is 14.1. The number of carbonyl (C=O) groups excluding carboxylic acids is 1. The van der Waals surface area contributed by atoms with E-state index in [1.165, 1.54) is 16.7 Å². The molecule has 2 aromatic heterocycles. The highest BCUT2D eigenvalue weighted by molar-refractivity contribution is 5.81. The number of ether oxygens (including phenoxy) is 1. The van der Waals surface area contributed by atoms with Gasteiger partial charge in [-0.15, -0.1) is 0 Å². The second kappa shape index (κ2) is 8.19. The molecule has 1 aliphatic carbocycles. The number of allylic oxidation sites excluding steroid dienone is 2. The smallest absolute Gasteiger partial charge is 0.305 e. The largest absolute Gasteiger partial charge is 0.466 e. The lowest BCUT2D eigenvalue weighted by atomic mass is 9.69. The van der Waals surface area contributed by atoms with Gasteiger partial charge < -0.3 is 10.1 Å². The second-order valence-electron chi connectivity index (χ2n) is 7.75. The number of pyridine rings is 2. The number of carbonyl (C=O) groups is 1. The average Bonchev–Trinajstić information content (AvgIpc) is 2.99. The van der Waals surface area contributed by atoms with E-state index in [9.17, 15) is 4.79 Å². The topological polar surface area (TPSA) is 64.1 Å². The number of fused-ring (bicyclic) bond motifs is 2. The van der Waals surface area contributed by atoms with Crippen LogP contribution in [0.1, 0.15) is 49.9 Å². The molecular formula is C24H27N3O2. The highest BCUT2D eigenvalue weighted by Gasteiger charge is 2.45. The molecule has 3 heterocycles. The van der Waals surface area contributed by atoms with Gasteiger partial charge in [0.15, 0.2) is 0 Å². The van der Waals surface area contributed by atoms with Crippen molar-refractivity contribution < 1.29 is 9.53 Å². The van der Waals surface area contributed by atoms with Crippen molar-refractivity contribution in [2.75, 3.05) is 6.61 Å². The van der Waals surface area contributed by atoms with E-state index in [2.05, 4.69) is 47.6 Å². The molecule has 2 atom stereocenters. The molecule has 4 rings (SSSR count). The Labute approximate surface area is 171 Å². The van der Waals surface area contributed by atoms with Gasteiger partial charge in [0.2, 0.25) is 0 Å². The summed E-state index contributed by atoms with van der Waals surface area (Å²) in [5.41, 5.74) is 5.66. The number of dihydropyridines is 1. The van der Waals surface area contributed by atoms with E-state index in [1.54, 1.807) is 0 Å². The molecule has 0 amide bonds. The van der Waals surface area contributed by atoms with Crippen molar-refractivity contribution in [2.45, 2.75) is 51.0 Å². The van der Waals surface area contributed by atoms with E-state index >= 15 is 0 Å². The monoisotopic (exact) mass is 389 g/mol. The summed E-state index contributed by atoms with van der Waals surface area (Å²) in [5, 5.41) is 3.62. The number of nitrogens with zero attached hydrogens (tertiary/aromatic N) is 2. The van der Waals surface area contributed by atoms with Crippen molar-refractivity contribution >= 4 is 11.7 Å². The second-order valence-corrected chi connectivity index (χ2v) is 7.75. The molecule has 0 fully saturated rings. The van der Waals surface area contributed by atoms with Crippen LogP contribution in [0.5, 0.6) is 0 Å². The molecule has 0 spiro atoms. The number of hydrogen-bond acceptors (Lipinski definition) is 5. The Bertz CT molecular complexity index is 952. The first-order valence-corrected chi connectivity index (χ1v) is 10.3. The Morgan fingerprint density at radius 2 is 2.07 bits per heavy atom. The maximum absolute atomic E-state index is 12.0. The summed E-state index contributed by atoms with van der Waals surface area (Å²) in [7, 11) is 0. The van der Waals surface area contributed by atoms with Gasteiger partial charge in [-0.1, -0.05) is 18.2 Å². The normalized spacial score (nSPS) is 22.1. The number of aromatic nitrogens is 2. The zero-order valence-corrected chi connectivity index (χ0v) is 17.0. The van der Waals surface area contributed by atoms with Crippen LogP contribution in [0.2, 0.25) is 0 Å². The highest BCUT2D eigenvalue weighted by Crippen LogP contribution is 2.51. The molecule has 2 unspecified atom stereocenters. The van der Waals surface area contributed by atoms with Gasteiger partial charge in [-0.2, -0.15) is 0 Å². The van der Waals surface area contributed by atoms with Crippen molar-refractivity contribution in [3.63, 3.8) is 0 Å². The molecule has 29 heavy (non-hydrogen) atoms. The van der Waals surface area contributed by atoms with Crippen LogP contribution in [0.4, 0.5) is 0 Å². The highest BCUT2D eigenvalue weighted by atomic mass is 16.5. The standard InChI is InChI=1S/C24H27N3O2/c1-3-29-21(28)7-4-12-24(16-18-10-14-25-15-11-18)19-6-5-13-26-22(19)23-20(24)9-8-17(2)27-23/h5-6,8-11,13-15,17,27H,3-4,7,12,16H2,1-2H3. The fourth-order valence-corrected chi connectivity index (χ4v) is 4.57. The van der Waals surface area contributed by atoms with E-state index in [0.717, 1.165) is 30.7 Å². The van der Waals surface area contributed by atoms with Crippen LogP contribution in [0.15, 0.2) is 60.6 Å². The Balaban J connectivity index is 1.74. The number of esters is 1. The fraction of sp³-hybridized carbons (Fsp3) is 0.375. The van der Waals surface area contributed by atoms with E-state index in [-0.39, 0.29) is 17.4 Å². The van der Waals surface area contributed by atoms with Crippen LogP contribution in [0.25, 0.3) is 5.70 Å². The van der Waals surface area contributed by atoms with E-state index in [1.807, 2.05) is 31.6 Å². The van der Waals surface area contributed by atoms with Crippen molar-refractivity contribution in [3.8, 4) is 0 Å². The van der Waals surface area contributed by atoms with Crippen LogP contribution in [-0.2, 0) is 21.4 Å². The molecule has 1 aliphatic heterocycles. The van der Waals surface area contributed by atoms with Gasteiger partial charge in [-0.3, -0.25) is 14.8 Å². The lowest BCUT2D eigenvalue weighted by molar-refractivity contribution is -0.143. The maximum Gasteiger partial charge on any atom is 0.305 e. The Kier molecular flexibility index (Phi) is 5.47. The number of rotatable bonds is 7. The van der Waals surface area contributed by atoms with Gasteiger partial charge in [0.05, 0.1) is 18.0 Å². The van der Waals surface area contributed by atoms with Gasteiger partial charge >= 0.3 is 5.97 Å². The molecule has 5 nitrogen and oxygen atoms in total. The average molecular weight is 389 g/mol. The molecular weight excluding hydrogens is 362 g/mol. The molecule has 2 aliphatic rings. The molecule has 5 heteroatoms. The van der Waals surface area contributed by atoms with Crippen molar-refractivity contribution in [3.05, 3.63) is 77.4 Å². The van der Waals surface area contributed by atoms with Crippen molar-refractivity contribution in [1.29, 1.82) is 0 Å². The fourth-order valence-electron chi connectivity index (χ4n) is 4.57. The predicted octanol–water partition coefficient (Wildman–Crippen LogP) is 3.96. The Morgan fingerprint density at radius 1 is 1.24 bits per heavy atom. The summed E-state index contributed by atoms with van der Waals surface area (Å²) in [6.45, 7) is 4.42. The Hall–Kier alpha value is -2.95. The van der Waals surface area contributed by atoms with Gasteiger partial charge in [-0.05, 0) is 68.0 Å². The van der Waals surface area contributed by atoms with Crippen molar-refractivity contribution in [1.82, 2.24) is 15.3 Å². The van der Waals surface area contributed by atoms with Crippen LogP contribution in [0, 0.1) is 0 Å². The summed E-state index contributed by atoms with van der Waals surface area (Å²) < 4.78 is 5.15. The number of hydrogen-bond donors (Lipinski definition) is 1. The third-order valence-electron chi connectivity index (χ3n) is 5.81. The molecule has 2 aromatic rings. The molecule has 0 saturated carbocycles. The van der Waals surface area contributed by atoms with Crippen LogP contribution >= 0.6 is 0 Å². The summed E-state index contributed by atoms with van der Waals surface area (Å²) >= 11 is 0. The maximum atomic E-state index is 12.0. The minimum Gasteiger partial charge on any atom is -0.466 e. The minimum absolute atomic E-state index is 0.129. The molecule has 0 bridgehead atoms. The third kappa shape index (κ3) is 3.69. The summed E-state index contributed by atoms with van der Waals surface area (Å²) in [6, 6.07) is 8.61. The van der Waals surface area contributed by atoms with Crippen LogP contribution < -0.4 is 5.32 Å². The Morgan fingerprint density at radius 3 is 2.86 bits per heavy atom. The van der Waals surface area contributed by atoms with E-state index in [4.69, 9.17) is 9.72 Å². The van der Waals surface area contributed by atoms with E-state index in [0.29, 0.717) is 13.0 Å². The molecule has 150 valence electrons. The van der Waals surface area contributed by atoms with Crippen LogP contribution in [0.3, 0.4) is 0 Å². The zero-order chi connectivity index (χ0) is 20.3. The lowest BCUT2D eigenvalue weighted by Gasteiger charge is -2.34. The predicted molar refractivity (Wildman–Crippen MR) is 113 cm³/mol. The minimum atomic E-state index is -0.226. The van der Waals surface area contributed by atoms with Crippen molar-refractivity contribution in [2.24, 2.45) is 0 Å². The first-order valence-electron chi connectivity index (χ1n) is 10.3. The zero-order valence-electron chi connectivity index (χ0n) is 17.0. The first kappa shape index (κ1) is 19.4. The summed E-state index contributed by atoms with van der Waals surface area (Å²) in [5.74, 6) is -0.129.